The minimum absolute atomic E-state index is 0.201. The number of amides is 1. The van der Waals surface area contributed by atoms with E-state index in [4.69, 9.17) is 23.2 Å². The molecule has 0 aliphatic carbocycles. The zero-order valence-electron chi connectivity index (χ0n) is 13.1. The summed E-state index contributed by atoms with van der Waals surface area (Å²) in [5, 5.41) is 0.580. The Hall–Kier alpha value is -0.980. The fourth-order valence-electron chi connectivity index (χ4n) is 2.68. The van der Waals surface area contributed by atoms with Crippen LogP contribution in [0.1, 0.15) is 19.8 Å². The average molecular weight is 379 g/mol. The Morgan fingerprint density at radius 1 is 1.35 bits per heavy atom. The molecular formula is C15H20Cl2N2O3S. The van der Waals surface area contributed by atoms with E-state index in [9.17, 15) is 13.2 Å². The summed E-state index contributed by atoms with van der Waals surface area (Å²) in [6, 6.07) is 4.52. The molecule has 1 amide bonds. The quantitative estimate of drug-likeness (QED) is 0.808. The lowest BCUT2D eigenvalue weighted by atomic mass is 10.0. The lowest BCUT2D eigenvalue weighted by Gasteiger charge is -2.33. The molecule has 23 heavy (non-hydrogen) atoms. The lowest BCUT2D eigenvalue weighted by Crippen LogP contribution is -2.46. The summed E-state index contributed by atoms with van der Waals surface area (Å²) in [7, 11) is -3.61. The molecule has 1 fully saturated rings. The Morgan fingerprint density at radius 3 is 2.61 bits per heavy atom. The fraction of sp³-hybridized carbons (Fsp3) is 0.533. The highest BCUT2D eigenvalue weighted by Gasteiger charge is 2.26. The van der Waals surface area contributed by atoms with Crippen LogP contribution in [-0.4, -0.2) is 45.1 Å². The molecule has 0 N–H and O–H groups in total. The first-order chi connectivity index (χ1) is 10.7. The van der Waals surface area contributed by atoms with Crippen LogP contribution in [0.15, 0.2) is 18.2 Å². The lowest BCUT2D eigenvalue weighted by molar-refractivity contribution is -0.131. The van der Waals surface area contributed by atoms with Crippen LogP contribution in [0.2, 0.25) is 10.0 Å². The number of carbonyl (C=O) groups is 1. The largest absolute Gasteiger partial charge is 0.341 e. The van der Waals surface area contributed by atoms with Gasteiger partial charge in [0.15, 0.2) is 0 Å². The van der Waals surface area contributed by atoms with Gasteiger partial charge in [-0.2, -0.15) is 0 Å². The molecule has 1 aromatic rings. The number of likely N-dealkylation sites (tertiary alicyclic amines) is 1. The van der Waals surface area contributed by atoms with E-state index in [1.807, 2.05) is 0 Å². The summed E-state index contributed by atoms with van der Waals surface area (Å²) < 4.78 is 25.2. The molecule has 1 atom stereocenters. The zero-order valence-corrected chi connectivity index (χ0v) is 15.5. The summed E-state index contributed by atoms with van der Waals surface area (Å²) in [6.45, 7) is 3.19. The van der Waals surface area contributed by atoms with Gasteiger partial charge in [0.2, 0.25) is 15.9 Å². The van der Waals surface area contributed by atoms with E-state index in [1.165, 1.54) is 12.1 Å². The van der Waals surface area contributed by atoms with E-state index in [-0.39, 0.29) is 17.5 Å². The molecule has 0 bridgehead atoms. The molecule has 1 aliphatic rings. The molecule has 0 unspecified atom stereocenters. The standard InChI is InChI=1S/C15H20Cl2N2O3S/c1-11-4-3-7-18(9-11)15(20)10-19(23(2,21)22)12-5-6-13(16)14(17)8-12/h5-6,8,11H,3-4,7,9-10H2,1-2H3/t11-/m1/s1. The van der Waals surface area contributed by atoms with E-state index in [0.717, 1.165) is 23.4 Å². The number of nitrogens with zero attached hydrogens (tertiary/aromatic N) is 2. The van der Waals surface area contributed by atoms with Crippen LogP contribution in [0.5, 0.6) is 0 Å². The molecular weight excluding hydrogens is 359 g/mol. The molecule has 1 heterocycles. The van der Waals surface area contributed by atoms with Crippen molar-refractivity contribution >= 4 is 44.8 Å². The third-order valence-electron chi connectivity index (χ3n) is 3.88. The van der Waals surface area contributed by atoms with Crippen molar-refractivity contribution in [2.75, 3.05) is 30.2 Å². The first-order valence-electron chi connectivity index (χ1n) is 7.39. The minimum Gasteiger partial charge on any atom is -0.341 e. The third kappa shape index (κ3) is 4.75. The molecule has 0 aromatic heterocycles. The fourth-order valence-corrected chi connectivity index (χ4v) is 3.81. The van der Waals surface area contributed by atoms with Crippen molar-refractivity contribution in [3.05, 3.63) is 28.2 Å². The number of hydrogen-bond acceptors (Lipinski definition) is 3. The number of piperidine rings is 1. The van der Waals surface area contributed by atoms with E-state index in [0.29, 0.717) is 29.7 Å². The highest BCUT2D eigenvalue weighted by atomic mass is 35.5. The predicted octanol–water partition coefficient (Wildman–Crippen LogP) is 3.02. The Morgan fingerprint density at radius 2 is 2.04 bits per heavy atom. The van der Waals surface area contributed by atoms with Gasteiger partial charge in [-0.05, 0) is 37.0 Å². The molecule has 5 nitrogen and oxygen atoms in total. The minimum atomic E-state index is -3.61. The average Bonchev–Trinajstić information content (AvgIpc) is 2.46. The normalized spacial score (nSPS) is 18.8. The van der Waals surface area contributed by atoms with Crippen LogP contribution < -0.4 is 4.31 Å². The molecule has 0 saturated carbocycles. The summed E-state index contributed by atoms with van der Waals surface area (Å²) in [6.07, 6.45) is 3.10. The van der Waals surface area contributed by atoms with Gasteiger partial charge in [-0.25, -0.2) is 8.42 Å². The number of halogens is 2. The molecule has 8 heteroatoms. The van der Waals surface area contributed by atoms with Crippen LogP contribution in [0.3, 0.4) is 0 Å². The van der Waals surface area contributed by atoms with Crippen LogP contribution in [0, 0.1) is 5.92 Å². The van der Waals surface area contributed by atoms with Crippen molar-refractivity contribution in [3.8, 4) is 0 Å². The Kier molecular flexibility index (Phi) is 5.81. The maximum Gasteiger partial charge on any atom is 0.243 e. The number of hydrogen-bond donors (Lipinski definition) is 0. The van der Waals surface area contributed by atoms with Crippen molar-refractivity contribution < 1.29 is 13.2 Å². The monoisotopic (exact) mass is 378 g/mol. The van der Waals surface area contributed by atoms with Crippen molar-refractivity contribution in [3.63, 3.8) is 0 Å². The van der Waals surface area contributed by atoms with Crippen molar-refractivity contribution in [1.29, 1.82) is 0 Å². The van der Waals surface area contributed by atoms with E-state index in [1.54, 1.807) is 11.0 Å². The number of carbonyl (C=O) groups excluding carboxylic acids is 1. The number of benzene rings is 1. The van der Waals surface area contributed by atoms with Crippen molar-refractivity contribution in [2.24, 2.45) is 5.92 Å². The highest BCUT2D eigenvalue weighted by Crippen LogP contribution is 2.28. The molecule has 1 saturated heterocycles. The number of sulfonamides is 1. The van der Waals surface area contributed by atoms with Crippen LogP contribution >= 0.6 is 23.2 Å². The summed E-state index contributed by atoms with van der Waals surface area (Å²) >= 11 is 11.8. The Balaban J connectivity index is 2.22. The maximum atomic E-state index is 12.5. The molecule has 128 valence electrons. The van der Waals surface area contributed by atoms with Gasteiger partial charge in [0, 0.05) is 13.1 Å². The Bertz CT molecular complexity index is 694. The second kappa shape index (κ2) is 7.28. The van der Waals surface area contributed by atoms with Crippen LogP contribution in [-0.2, 0) is 14.8 Å². The number of rotatable bonds is 4. The van der Waals surface area contributed by atoms with Gasteiger partial charge >= 0.3 is 0 Å². The molecule has 1 aliphatic heterocycles. The summed E-state index contributed by atoms with van der Waals surface area (Å²) in [4.78, 5) is 14.2. The zero-order chi connectivity index (χ0) is 17.2. The van der Waals surface area contributed by atoms with Crippen LogP contribution in [0.25, 0.3) is 0 Å². The maximum absolute atomic E-state index is 12.5. The van der Waals surface area contributed by atoms with E-state index >= 15 is 0 Å². The smallest absolute Gasteiger partial charge is 0.243 e. The number of anilines is 1. The van der Waals surface area contributed by atoms with Gasteiger partial charge < -0.3 is 4.90 Å². The van der Waals surface area contributed by atoms with Gasteiger partial charge in [0.1, 0.15) is 6.54 Å². The summed E-state index contributed by atoms with van der Waals surface area (Å²) in [5.74, 6) is 0.234. The second-order valence-corrected chi connectivity index (χ2v) is 8.68. The van der Waals surface area contributed by atoms with Crippen molar-refractivity contribution in [1.82, 2.24) is 4.90 Å². The van der Waals surface area contributed by atoms with Crippen molar-refractivity contribution in [2.45, 2.75) is 19.8 Å². The van der Waals surface area contributed by atoms with Crippen LogP contribution in [0.4, 0.5) is 5.69 Å². The predicted molar refractivity (Wildman–Crippen MR) is 93.6 cm³/mol. The third-order valence-corrected chi connectivity index (χ3v) is 5.76. The van der Waals surface area contributed by atoms with Gasteiger partial charge in [-0.1, -0.05) is 30.1 Å². The first-order valence-corrected chi connectivity index (χ1v) is 9.99. The van der Waals surface area contributed by atoms with Gasteiger partial charge in [0.25, 0.3) is 0 Å². The topological polar surface area (TPSA) is 57.7 Å². The Labute approximate surface area is 147 Å². The highest BCUT2D eigenvalue weighted by molar-refractivity contribution is 7.92. The first kappa shape index (κ1) is 18.4. The second-order valence-electron chi connectivity index (χ2n) is 5.96. The molecule has 0 spiro atoms. The molecule has 1 aromatic carbocycles. The van der Waals surface area contributed by atoms with E-state index in [2.05, 4.69) is 6.92 Å². The molecule has 0 radical (unpaired) electrons. The van der Waals surface area contributed by atoms with Gasteiger partial charge in [-0.3, -0.25) is 9.10 Å². The van der Waals surface area contributed by atoms with Gasteiger partial charge in [-0.15, -0.1) is 0 Å². The van der Waals surface area contributed by atoms with Gasteiger partial charge in [0.05, 0.1) is 22.0 Å². The van der Waals surface area contributed by atoms with E-state index < -0.39 is 10.0 Å². The molecule has 2 rings (SSSR count). The SMILES string of the molecule is C[C@@H]1CCCN(C(=O)CN(c2ccc(Cl)c(Cl)c2)S(C)(=O)=O)C1. The summed E-state index contributed by atoms with van der Waals surface area (Å²) in [5.41, 5.74) is 0.334.